The summed E-state index contributed by atoms with van der Waals surface area (Å²) in [5.74, 6) is 1.01. The summed E-state index contributed by atoms with van der Waals surface area (Å²) in [7, 11) is 0. The average Bonchev–Trinajstić information content (AvgIpc) is 3.22. The van der Waals surface area contributed by atoms with Gasteiger partial charge in [-0.2, -0.15) is 5.10 Å². The summed E-state index contributed by atoms with van der Waals surface area (Å²) in [6.07, 6.45) is 4.48. The summed E-state index contributed by atoms with van der Waals surface area (Å²) < 4.78 is 7.18. The Hall–Kier alpha value is -2.53. The first-order valence-corrected chi connectivity index (χ1v) is 9.23. The smallest absolute Gasteiger partial charge is 0.255 e. The van der Waals surface area contributed by atoms with Crippen LogP contribution in [0.1, 0.15) is 53.2 Å². The van der Waals surface area contributed by atoms with E-state index >= 15 is 0 Å². The van der Waals surface area contributed by atoms with Gasteiger partial charge in [0, 0.05) is 10.9 Å². The summed E-state index contributed by atoms with van der Waals surface area (Å²) >= 11 is 6.01. The Kier molecular flexibility index (Phi) is 4.55. The Bertz CT molecular complexity index is 909. The van der Waals surface area contributed by atoms with E-state index in [2.05, 4.69) is 5.32 Å². The lowest BCUT2D eigenvalue weighted by Gasteiger charge is -2.08. The Morgan fingerprint density at radius 2 is 2.08 bits per heavy atom. The van der Waals surface area contributed by atoms with Crippen molar-refractivity contribution in [2.24, 2.45) is 0 Å². The molecule has 2 heterocycles. The Labute approximate surface area is 157 Å². The lowest BCUT2D eigenvalue weighted by molar-refractivity contribution is 0.0946. The number of hydrogen-bond donors (Lipinski definition) is 1. The molecule has 1 aliphatic rings. The molecule has 1 aromatic carbocycles. The number of amides is 1. The number of rotatable bonds is 6. The molecule has 0 aliphatic heterocycles. The second-order valence-electron chi connectivity index (χ2n) is 6.49. The number of nitrogens with one attached hydrogen (secondary N) is 1. The maximum atomic E-state index is 12.9. The van der Waals surface area contributed by atoms with Crippen molar-refractivity contribution in [1.82, 2.24) is 15.1 Å². The third-order valence-electron chi connectivity index (χ3n) is 4.61. The summed E-state index contributed by atoms with van der Waals surface area (Å²) in [4.78, 5) is 12.9. The van der Waals surface area contributed by atoms with E-state index < -0.39 is 0 Å². The van der Waals surface area contributed by atoms with Gasteiger partial charge in [0.1, 0.15) is 5.76 Å². The molecule has 1 N–H and O–H groups in total. The molecule has 6 heteroatoms. The van der Waals surface area contributed by atoms with Crippen molar-refractivity contribution >= 4 is 17.5 Å². The molecule has 4 rings (SSSR count). The fourth-order valence-electron chi connectivity index (χ4n) is 3.15. The number of halogens is 1. The van der Waals surface area contributed by atoms with Gasteiger partial charge in [0.15, 0.2) is 0 Å². The predicted molar refractivity (Wildman–Crippen MR) is 99.8 cm³/mol. The van der Waals surface area contributed by atoms with Gasteiger partial charge in [0.05, 0.1) is 35.4 Å². The average molecular weight is 370 g/mol. The minimum absolute atomic E-state index is 0.0969. The minimum atomic E-state index is -0.0969. The van der Waals surface area contributed by atoms with Crippen molar-refractivity contribution in [1.29, 1.82) is 0 Å². The second kappa shape index (κ2) is 7.00. The zero-order valence-electron chi connectivity index (χ0n) is 14.5. The standard InChI is InChI=1S/C20H20ClN3O2/c1-2-17-18(20(25)22-12-16-4-3-11-26-16)19(13-5-6-13)23-24(17)15-9-7-14(21)8-10-15/h3-4,7-11,13H,2,5-6,12H2,1H3,(H,22,25). The van der Waals surface area contributed by atoms with Crippen LogP contribution in [0.25, 0.3) is 5.69 Å². The molecule has 26 heavy (non-hydrogen) atoms. The van der Waals surface area contributed by atoms with Crippen LogP contribution in [-0.4, -0.2) is 15.7 Å². The predicted octanol–water partition coefficient (Wildman–Crippen LogP) is 4.49. The van der Waals surface area contributed by atoms with Crippen LogP contribution in [0.5, 0.6) is 0 Å². The highest BCUT2D eigenvalue weighted by molar-refractivity contribution is 6.30. The second-order valence-corrected chi connectivity index (χ2v) is 6.92. The van der Waals surface area contributed by atoms with Crippen LogP contribution in [0.3, 0.4) is 0 Å². The molecular formula is C20H20ClN3O2. The first kappa shape index (κ1) is 16.9. The number of nitrogens with zero attached hydrogens (tertiary/aromatic N) is 2. The van der Waals surface area contributed by atoms with Crippen molar-refractivity contribution in [2.45, 2.75) is 38.6 Å². The van der Waals surface area contributed by atoms with Crippen molar-refractivity contribution in [3.8, 4) is 5.69 Å². The fraction of sp³-hybridized carbons (Fsp3) is 0.300. The zero-order valence-corrected chi connectivity index (χ0v) is 15.3. The van der Waals surface area contributed by atoms with Gasteiger partial charge in [-0.15, -0.1) is 0 Å². The highest BCUT2D eigenvalue weighted by Crippen LogP contribution is 2.42. The highest BCUT2D eigenvalue weighted by atomic mass is 35.5. The first-order valence-electron chi connectivity index (χ1n) is 8.85. The lowest BCUT2D eigenvalue weighted by atomic mass is 10.1. The number of furan rings is 1. The maximum Gasteiger partial charge on any atom is 0.255 e. The Morgan fingerprint density at radius 1 is 1.31 bits per heavy atom. The molecule has 1 aliphatic carbocycles. The lowest BCUT2D eigenvalue weighted by Crippen LogP contribution is -2.24. The molecule has 1 fully saturated rings. The number of aromatic nitrogens is 2. The molecule has 5 nitrogen and oxygen atoms in total. The summed E-state index contributed by atoms with van der Waals surface area (Å²) in [6.45, 7) is 2.41. The van der Waals surface area contributed by atoms with Crippen LogP contribution in [0.4, 0.5) is 0 Å². The van der Waals surface area contributed by atoms with Gasteiger partial charge < -0.3 is 9.73 Å². The van der Waals surface area contributed by atoms with Gasteiger partial charge in [-0.1, -0.05) is 18.5 Å². The van der Waals surface area contributed by atoms with Crippen LogP contribution >= 0.6 is 11.6 Å². The molecule has 0 radical (unpaired) electrons. The molecule has 1 amide bonds. The monoisotopic (exact) mass is 369 g/mol. The first-order chi connectivity index (χ1) is 12.7. The number of carbonyl (C=O) groups is 1. The molecule has 0 atom stereocenters. The topological polar surface area (TPSA) is 60.1 Å². The van der Waals surface area contributed by atoms with Crippen LogP contribution in [0.2, 0.25) is 5.02 Å². The molecule has 0 bridgehead atoms. The van der Waals surface area contributed by atoms with Crippen molar-refractivity contribution in [3.63, 3.8) is 0 Å². The van der Waals surface area contributed by atoms with E-state index in [4.69, 9.17) is 21.1 Å². The van der Waals surface area contributed by atoms with E-state index in [1.807, 2.05) is 48.0 Å². The Balaban J connectivity index is 1.70. The minimum Gasteiger partial charge on any atom is -0.467 e. The van der Waals surface area contributed by atoms with Crippen molar-refractivity contribution in [2.75, 3.05) is 0 Å². The third kappa shape index (κ3) is 3.27. The van der Waals surface area contributed by atoms with Crippen LogP contribution in [0.15, 0.2) is 47.1 Å². The molecule has 0 unspecified atom stereocenters. The van der Waals surface area contributed by atoms with Crippen molar-refractivity contribution < 1.29 is 9.21 Å². The number of hydrogen-bond acceptors (Lipinski definition) is 3. The van der Waals surface area contributed by atoms with Crippen LogP contribution < -0.4 is 5.32 Å². The quantitative estimate of drug-likeness (QED) is 0.696. The summed E-state index contributed by atoms with van der Waals surface area (Å²) in [5, 5.41) is 8.44. The molecule has 0 spiro atoms. The van der Waals surface area contributed by atoms with E-state index in [1.165, 1.54) is 0 Å². The van der Waals surface area contributed by atoms with Crippen LogP contribution in [0, 0.1) is 0 Å². The molecule has 134 valence electrons. The van der Waals surface area contributed by atoms with Gasteiger partial charge in [-0.05, 0) is 55.7 Å². The Morgan fingerprint density at radius 3 is 2.69 bits per heavy atom. The van der Waals surface area contributed by atoms with Crippen molar-refractivity contribution in [3.05, 3.63) is 70.4 Å². The molecule has 2 aromatic heterocycles. The van der Waals surface area contributed by atoms with Gasteiger partial charge in [0.25, 0.3) is 5.91 Å². The number of benzene rings is 1. The number of carbonyl (C=O) groups excluding carboxylic acids is 1. The molecule has 3 aromatic rings. The largest absolute Gasteiger partial charge is 0.467 e. The third-order valence-corrected chi connectivity index (χ3v) is 4.86. The zero-order chi connectivity index (χ0) is 18.1. The summed E-state index contributed by atoms with van der Waals surface area (Å²) in [6, 6.07) is 11.2. The SMILES string of the molecule is CCc1c(C(=O)NCc2ccco2)c(C2CC2)nn1-c1ccc(Cl)cc1. The highest BCUT2D eigenvalue weighted by Gasteiger charge is 2.34. The van der Waals surface area contributed by atoms with E-state index in [9.17, 15) is 4.79 Å². The maximum absolute atomic E-state index is 12.9. The van der Waals surface area contributed by atoms with E-state index in [0.29, 0.717) is 29.5 Å². The van der Waals surface area contributed by atoms with Gasteiger partial charge in [0.2, 0.25) is 0 Å². The van der Waals surface area contributed by atoms with Gasteiger partial charge in [-0.25, -0.2) is 4.68 Å². The van der Waals surface area contributed by atoms with E-state index in [0.717, 1.165) is 35.7 Å². The molecule has 1 saturated carbocycles. The van der Waals surface area contributed by atoms with E-state index in [-0.39, 0.29) is 5.91 Å². The fourth-order valence-corrected chi connectivity index (χ4v) is 3.28. The van der Waals surface area contributed by atoms with Gasteiger partial charge >= 0.3 is 0 Å². The van der Waals surface area contributed by atoms with Crippen LogP contribution in [-0.2, 0) is 13.0 Å². The summed E-state index contributed by atoms with van der Waals surface area (Å²) in [5.41, 5.74) is 3.44. The molecular weight excluding hydrogens is 350 g/mol. The van der Waals surface area contributed by atoms with E-state index in [1.54, 1.807) is 6.26 Å². The normalized spacial score (nSPS) is 13.8. The van der Waals surface area contributed by atoms with Gasteiger partial charge in [-0.3, -0.25) is 4.79 Å². The molecule has 0 saturated heterocycles.